The molecule has 3 rings (SSSR count). The number of rotatable bonds is 9. The second kappa shape index (κ2) is 11.5. The average molecular weight is 506 g/mol. The van der Waals surface area contributed by atoms with Gasteiger partial charge in [-0.2, -0.15) is 0 Å². The Bertz CT molecular complexity index is 1160. The zero-order valence-electron chi connectivity index (χ0n) is 19.1. The maximum absolute atomic E-state index is 13.9. The Labute approximate surface area is 208 Å². The molecule has 0 aliphatic carbocycles. The minimum absolute atomic E-state index is 0.0553. The highest BCUT2D eigenvalue weighted by Gasteiger charge is 2.20. The first-order chi connectivity index (χ1) is 16.2. The maximum atomic E-state index is 13.9. The van der Waals surface area contributed by atoms with Crippen molar-refractivity contribution in [3.05, 3.63) is 75.7 Å². The number of methoxy groups -OCH3 is 1. The average Bonchev–Trinajstić information content (AvgIpc) is 2.83. The van der Waals surface area contributed by atoms with Crippen molar-refractivity contribution in [3.63, 3.8) is 0 Å². The number of halogens is 3. The molecule has 2 atom stereocenters. The fraction of sp³-hybridized carbons (Fsp3) is 0.280. The van der Waals surface area contributed by atoms with Crippen LogP contribution in [0.1, 0.15) is 42.3 Å². The van der Waals surface area contributed by atoms with Crippen LogP contribution in [0.2, 0.25) is 10.0 Å². The Kier molecular flexibility index (Phi) is 8.72. The van der Waals surface area contributed by atoms with Gasteiger partial charge in [0.25, 0.3) is 5.91 Å². The monoisotopic (exact) mass is 505 g/mol. The number of pyridine rings is 1. The maximum Gasteiger partial charge on any atom is 0.251 e. The van der Waals surface area contributed by atoms with Gasteiger partial charge in [-0.1, -0.05) is 42.3 Å². The summed E-state index contributed by atoms with van der Waals surface area (Å²) in [5.74, 6) is -0.298. The Hall–Kier alpha value is -2.87. The Morgan fingerprint density at radius 3 is 2.53 bits per heavy atom. The summed E-state index contributed by atoms with van der Waals surface area (Å²) in [6.45, 7) is 4.13. The number of hydrogen-bond acceptors (Lipinski definition) is 5. The van der Waals surface area contributed by atoms with Gasteiger partial charge < -0.3 is 20.5 Å². The van der Waals surface area contributed by atoms with Crippen LogP contribution in [0, 0.1) is 5.82 Å². The fourth-order valence-corrected chi connectivity index (χ4v) is 4.10. The number of ether oxygens (including phenoxy) is 2. The summed E-state index contributed by atoms with van der Waals surface area (Å²) < 4.78 is 25.0. The molecule has 1 heterocycles. The number of nitrogens with one attached hydrogen (secondary N) is 1. The lowest BCUT2D eigenvalue weighted by atomic mass is 10.0. The molecule has 1 aromatic heterocycles. The lowest BCUT2D eigenvalue weighted by Gasteiger charge is -2.19. The van der Waals surface area contributed by atoms with E-state index in [9.17, 15) is 9.18 Å². The molecule has 0 saturated carbocycles. The molecule has 3 N–H and O–H groups in total. The van der Waals surface area contributed by atoms with Gasteiger partial charge in [-0.15, -0.1) is 0 Å². The zero-order valence-corrected chi connectivity index (χ0v) is 20.6. The van der Waals surface area contributed by atoms with Crippen molar-refractivity contribution in [2.45, 2.75) is 32.4 Å². The van der Waals surface area contributed by atoms with Crippen molar-refractivity contribution in [1.82, 2.24) is 10.3 Å². The zero-order chi connectivity index (χ0) is 24.8. The lowest BCUT2D eigenvalue weighted by Crippen LogP contribution is -2.37. The van der Waals surface area contributed by atoms with Crippen LogP contribution in [0.15, 0.2) is 48.7 Å². The van der Waals surface area contributed by atoms with Gasteiger partial charge >= 0.3 is 0 Å². The summed E-state index contributed by atoms with van der Waals surface area (Å²) in [5, 5.41) is 3.13. The van der Waals surface area contributed by atoms with E-state index in [0.29, 0.717) is 23.5 Å². The predicted octanol–water partition coefficient (Wildman–Crippen LogP) is 6.07. The van der Waals surface area contributed by atoms with Crippen molar-refractivity contribution in [3.8, 4) is 16.9 Å². The van der Waals surface area contributed by atoms with Crippen LogP contribution in [-0.4, -0.2) is 30.6 Å². The van der Waals surface area contributed by atoms with Crippen molar-refractivity contribution < 1.29 is 18.7 Å². The molecular weight excluding hydrogens is 480 g/mol. The van der Waals surface area contributed by atoms with Crippen molar-refractivity contribution in [2.24, 2.45) is 0 Å². The molecule has 0 saturated heterocycles. The number of aromatic nitrogens is 1. The van der Waals surface area contributed by atoms with Gasteiger partial charge in [-0.3, -0.25) is 4.79 Å². The van der Waals surface area contributed by atoms with Crippen LogP contribution in [-0.2, 0) is 4.74 Å². The summed E-state index contributed by atoms with van der Waals surface area (Å²) in [6.07, 6.45) is 1.69. The topological polar surface area (TPSA) is 86.5 Å². The van der Waals surface area contributed by atoms with Crippen molar-refractivity contribution >= 4 is 34.9 Å². The standard InChI is InChI=1S/C25H26Cl2FN3O3/c1-4-18(13-33-3)31-25(32)16-7-5-15(6-8-16)17-11-21(24(29)30-12-17)34-14(2)22-19(26)9-10-20(28)23(22)27/h5-12,14,18H,4,13H2,1-3H3,(H2,29,30)(H,31,32). The Balaban J connectivity index is 1.80. The van der Waals surface area contributed by atoms with E-state index >= 15 is 0 Å². The van der Waals surface area contributed by atoms with E-state index in [1.165, 1.54) is 12.1 Å². The molecule has 2 unspecified atom stereocenters. The first kappa shape index (κ1) is 25.7. The number of nitrogens with two attached hydrogens (primary N) is 1. The molecule has 9 heteroatoms. The third-order valence-electron chi connectivity index (χ3n) is 5.35. The number of nitrogens with zero attached hydrogens (tertiary/aromatic N) is 1. The molecule has 0 aliphatic rings. The third-order valence-corrected chi connectivity index (χ3v) is 6.06. The first-order valence-corrected chi connectivity index (χ1v) is 11.5. The molecule has 180 valence electrons. The number of carbonyl (C=O) groups excluding carboxylic acids is 1. The van der Waals surface area contributed by atoms with E-state index in [2.05, 4.69) is 10.3 Å². The molecule has 3 aromatic rings. The SMILES string of the molecule is CCC(COC)NC(=O)c1ccc(-c2cnc(N)c(OC(C)c3c(Cl)ccc(F)c3Cl)c2)cc1. The number of amides is 1. The van der Waals surface area contributed by atoms with Gasteiger partial charge in [-0.05, 0) is 49.2 Å². The number of carbonyl (C=O) groups is 1. The number of hydrogen-bond donors (Lipinski definition) is 2. The molecule has 0 spiro atoms. The van der Waals surface area contributed by atoms with Gasteiger partial charge in [0.2, 0.25) is 0 Å². The van der Waals surface area contributed by atoms with E-state index < -0.39 is 11.9 Å². The third kappa shape index (κ3) is 5.97. The van der Waals surface area contributed by atoms with Gasteiger partial charge in [0.1, 0.15) is 11.9 Å². The molecular formula is C25H26Cl2FN3O3. The fourth-order valence-electron chi connectivity index (χ4n) is 3.42. The quantitative estimate of drug-likeness (QED) is 0.344. The Morgan fingerprint density at radius 2 is 1.88 bits per heavy atom. The van der Waals surface area contributed by atoms with Crippen LogP contribution in [0.25, 0.3) is 11.1 Å². The van der Waals surface area contributed by atoms with Gasteiger partial charge in [-0.25, -0.2) is 9.37 Å². The molecule has 0 radical (unpaired) electrons. The molecule has 0 aliphatic heterocycles. The summed E-state index contributed by atoms with van der Waals surface area (Å²) >= 11 is 12.3. The second-order valence-electron chi connectivity index (χ2n) is 7.74. The molecule has 0 fully saturated rings. The van der Waals surface area contributed by atoms with Gasteiger partial charge in [0.05, 0.1) is 17.7 Å². The van der Waals surface area contributed by atoms with Crippen LogP contribution in [0.5, 0.6) is 5.75 Å². The first-order valence-electron chi connectivity index (χ1n) is 10.7. The second-order valence-corrected chi connectivity index (χ2v) is 8.52. The highest BCUT2D eigenvalue weighted by atomic mass is 35.5. The van der Waals surface area contributed by atoms with Crippen molar-refractivity contribution in [1.29, 1.82) is 0 Å². The minimum atomic E-state index is -0.681. The van der Waals surface area contributed by atoms with E-state index in [0.717, 1.165) is 17.5 Å². The highest BCUT2D eigenvalue weighted by molar-refractivity contribution is 6.36. The predicted molar refractivity (Wildman–Crippen MR) is 133 cm³/mol. The van der Waals surface area contributed by atoms with Crippen LogP contribution in [0.4, 0.5) is 10.2 Å². The highest BCUT2D eigenvalue weighted by Crippen LogP contribution is 2.37. The van der Waals surface area contributed by atoms with Crippen LogP contribution >= 0.6 is 23.2 Å². The Morgan fingerprint density at radius 1 is 1.18 bits per heavy atom. The van der Waals surface area contributed by atoms with Gasteiger partial charge in [0, 0.05) is 35.0 Å². The molecule has 6 nitrogen and oxygen atoms in total. The van der Waals surface area contributed by atoms with E-state index in [1.54, 1.807) is 38.4 Å². The normalized spacial score (nSPS) is 12.8. The van der Waals surface area contributed by atoms with Gasteiger partial charge in [0.15, 0.2) is 11.6 Å². The van der Waals surface area contributed by atoms with Crippen molar-refractivity contribution in [2.75, 3.05) is 19.5 Å². The van der Waals surface area contributed by atoms with Crippen LogP contribution < -0.4 is 15.8 Å². The summed E-state index contributed by atoms with van der Waals surface area (Å²) in [5.41, 5.74) is 8.40. The molecule has 34 heavy (non-hydrogen) atoms. The number of benzene rings is 2. The smallest absolute Gasteiger partial charge is 0.251 e. The molecule has 1 amide bonds. The van der Waals surface area contributed by atoms with E-state index in [4.69, 9.17) is 38.4 Å². The number of anilines is 1. The van der Waals surface area contributed by atoms with Crippen LogP contribution in [0.3, 0.4) is 0 Å². The van der Waals surface area contributed by atoms with E-state index in [-0.39, 0.29) is 27.8 Å². The summed E-state index contributed by atoms with van der Waals surface area (Å²) in [6, 6.07) is 11.4. The largest absolute Gasteiger partial charge is 0.482 e. The summed E-state index contributed by atoms with van der Waals surface area (Å²) in [7, 11) is 1.60. The minimum Gasteiger partial charge on any atom is -0.482 e. The molecule has 0 bridgehead atoms. The molecule has 2 aromatic carbocycles. The lowest BCUT2D eigenvalue weighted by molar-refractivity contribution is 0.0894. The van der Waals surface area contributed by atoms with E-state index in [1.807, 2.05) is 19.1 Å². The number of nitrogen functional groups attached to an aromatic ring is 1. The summed E-state index contributed by atoms with van der Waals surface area (Å²) in [4.78, 5) is 16.7.